The Bertz CT molecular complexity index is 1120. The number of esters is 1. The monoisotopic (exact) mass is 424 g/mol. The Morgan fingerprint density at radius 2 is 1.83 bits per heavy atom. The minimum absolute atomic E-state index is 0.0374. The SMILES string of the molecule is CCc1ccc(C(=O)C(C)Sc2nc3ccccc3c(=O)n2CCC(=O)OC)cc1. The van der Waals surface area contributed by atoms with Crippen molar-refractivity contribution >= 4 is 34.4 Å². The molecule has 6 nitrogen and oxygen atoms in total. The van der Waals surface area contributed by atoms with Gasteiger partial charge in [-0.05, 0) is 31.0 Å². The molecule has 0 fully saturated rings. The molecule has 0 amide bonds. The molecule has 7 heteroatoms. The predicted octanol–water partition coefficient (Wildman–Crippen LogP) is 3.89. The van der Waals surface area contributed by atoms with Crippen LogP contribution in [-0.4, -0.2) is 33.7 Å². The Morgan fingerprint density at radius 1 is 1.13 bits per heavy atom. The van der Waals surface area contributed by atoms with Crippen LogP contribution in [0.25, 0.3) is 10.9 Å². The third-order valence-corrected chi connectivity index (χ3v) is 5.98. The van der Waals surface area contributed by atoms with Gasteiger partial charge < -0.3 is 4.74 Å². The fraction of sp³-hybridized carbons (Fsp3) is 0.304. The van der Waals surface area contributed by atoms with Gasteiger partial charge >= 0.3 is 5.97 Å². The number of methoxy groups -OCH3 is 1. The maximum Gasteiger partial charge on any atom is 0.307 e. The lowest BCUT2D eigenvalue weighted by molar-refractivity contribution is -0.140. The number of carbonyl (C=O) groups is 2. The van der Waals surface area contributed by atoms with Gasteiger partial charge in [-0.1, -0.05) is 55.1 Å². The van der Waals surface area contributed by atoms with Crippen molar-refractivity contribution in [2.75, 3.05) is 7.11 Å². The highest BCUT2D eigenvalue weighted by molar-refractivity contribution is 8.00. The van der Waals surface area contributed by atoms with Crippen LogP contribution < -0.4 is 5.56 Å². The molecule has 3 aromatic rings. The molecule has 0 saturated heterocycles. The Morgan fingerprint density at radius 3 is 2.50 bits per heavy atom. The summed E-state index contributed by atoms with van der Waals surface area (Å²) in [6.45, 7) is 4.00. The number of thioether (sulfide) groups is 1. The van der Waals surface area contributed by atoms with E-state index >= 15 is 0 Å². The summed E-state index contributed by atoms with van der Waals surface area (Å²) in [5.74, 6) is -0.448. The largest absolute Gasteiger partial charge is 0.469 e. The maximum atomic E-state index is 13.0. The van der Waals surface area contributed by atoms with E-state index < -0.39 is 11.2 Å². The molecule has 1 unspecified atom stereocenters. The topological polar surface area (TPSA) is 78.3 Å². The number of Topliss-reactive ketones (excluding diaryl/α,β-unsaturated/α-hetero) is 1. The Hall–Kier alpha value is -2.93. The van der Waals surface area contributed by atoms with E-state index in [9.17, 15) is 14.4 Å². The summed E-state index contributed by atoms with van der Waals surface area (Å²) >= 11 is 1.22. The molecule has 0 bridgehead atoms. The van der Waals surface area contributed by atoms with Gasteiger partial charge in [-0.2, -0.15) is 0 Å². The molecule has 1 heterocycles. The number of fused-ring (bicyclic) bond motifs is 1. The summed E-state index contributed by atoms with van der Waals surface area (Å²) in [5, 5.41) is 0.435. The second kappa shape index (κ2) is 9.71. The molecular formula is C23H24N2O4S. The molecule has 0 aliphatic heterocycles. The van der Waals surface area contributed by atoms with Crippen molar-refractivity contribution < 1.29 is 14.3 Å². The number of carbonyl (C=O) groups excluding carboxylic acids is 2. The first-order chi connectivity index (χ1) is 14.4. The number of aryl methyl sites for hydroxylation is 1. The van der Waals surface area contributed by atoms with Crippen molar-refractivity contribution in [2.45, 2.75) is 43.6 Å². The second-order valence-corrected chi connectivity index (χ2v) is 8.18. The number of benzene rings is 2. The molecular weight excluding hydrogens is 400 g/mol. The van der Waals surface area contributed by atoms with Crippen LogP contribution in [0.3, 0.4) is 0 Å². The summed E-state index contributed by atoms with van der Waals surface area (Å²) in [6.07, 6.45) is 0.955. The van der Waals surface area contributed by atoms with Crippen LogP contribution in [0, 0.1) is 0 Å². The van der Waals surface area contributed by atoms with E-state index in [1.54, 1.807) is 25.1 Å². The van der Waals surface area contributed by atoms with Gasteiger partial charge in [0.25, 0.3) is 5.56 Å². The van der Waals surface area contributed by atoms with Gasteiger partial charge in [0, 0.05) is 12.1 Å². The normalized spacial score (nSPS) is 12.0. The number of aromatic nitrogens is 2. The third-order valence-electron chi connectivity index (χ3n) is 4.89. The summed E-state index contributed by atoms with van der Waals surface area (Å²) in [4.78, 5) is 42.2. The van der Waals surface area contributed by atoms with Crippen molar-refractivity contribution in [3.63, 3.8) is 0 Å². The number of ether oxygens (including phenoxy) is 1. The lowest BCUT2D eigenvalue weighted by Crippen LogP contribution is -2.26. The van der Waals surface area contributed by atoms with Crippen molar-refractivity contribution in [1.29, 1.82) is 0 Å². The molecule has 0 radical (unpaired) electrons. The zero-order valence-electron chi connectivity index (χ0n) is 17.3. The molecule has 0 aliphatic carbocycles. The van der Waals surface area contributed by atoms with Crippen LogP contribution in [0.15, 0.2) is 58.5 Å². The molecule has 2 aromatic carbocycles. The van der Waals surface area contributed by atoms with Crippen LogP contribution in [0.4, 0.5) is 0 Å². The fourth-order valence-corrected chi connectivity index (χ4v) is 4.10. The van der Waals surface area contributed by atoms with Gasteiger partial charge in [-0.25, -0.2) is 4.98 Å². The fourth-order valence-electron chi connectivity index (χ4n) is 3.09. The van der Waals surface area contributed by atoms with E-state index in [0.717, 1.165) is 6.42 Å². The minimum Gasteiger partial charge on any atom is -0.469 e. The van der Waals surface area contributed by atoms with Gasteiger partial charge in [0.1, 0.15) is 0 Å². The van der Waals surface area contributed by atoms with Crippen LogP contribution in [0.1, 0.15) is 36.2 Å². The zero-order chi connectivity index (χ0) is 21.7. The number of para-hydroxylation sites is 1. The number of ketones is 1. The van der Waals surface area contributed by atoms with Crippen LogP contribution in [-0.2, 0) is 22.5 Å². The lowest BCUT2D eigenvalue weighted by atomic mass is 10.1. The molecule has 0 spiro atoms. The van der Waals surface area contributed by atoms with E-state index in [4.69, 9.17) is 4.74 Å². The maximum absolute atomic E-state index is 13.0. The van der Waals surface area contributed by atoms with Gasteiger partial charge in [0.2, 0.25) is 0 Å². The number of nitrogens with zero attached hydrogens (tertiary/aromatic N) is 2. The third kappa shape index (κ3) is 4.79. The molecule has 3 rings (SSSR count). The highest BCUT2D eigenvalue weighted by Gasteiger charge is 2.21. The molecule has 1 aromatic heterocycles. The number of hydrogen-bond acceptors (Lipinski definition) is 6. The Kier molecular flexibility index (Phi) is 7.05. The first kappa shape index (κ1) is 21.8. The Balaban J connectivity index is 1.93. The lowest BCUT2D eigenvalue weighted by Gasteiger charge is -2.16. The number of hydrogen-bond donors (Lipinski definition) is 0. The molecule has 1 atom stereocenters. The van der Waals surface area contributed by atoms with Gasteiger partial charge in [-0.15, -0.1) is 0 Å². The van der Waals surface area contributed by atoms with Gasteiger partial charge in [-0.3, -0.25) is 19.0 Å². The van der Waals surface area contributed by atoms with Crippen LogP contribution >= 0.6 is 11.8 Å². The predicted molar refractivity (Wildman–Crippen MR) is 118 cm³/mol. The summed E-state index contributed by atoms with van der Waals surface area (Å²) < 4.78 is 6.15. The molecule has 30 heavy (non-hydrogen) atoms. The summed E-state index contributed by atoms with van der Waals surface area (Å²) in [6, 6.07) is 14.6. The van der Waals surface area contributed by atoms with Gasteiger partial charge in [0.05, 0.1) is 29.7 Å². The number of rotatable bonds is 8. The van der Waals surface area contributed by atoms with E-state index in [0.29, 0.717) is 21.6 Å². The van der Waals surface area contributed by atoms with E-state index in [1.807, 2.05) is 30.3 Å². The molecule has 156 valence electrons. The standard InChI is InChI=1S/C23H24N2O4S/c1-4-16-9-11-17(12-10-16)21(27)15(2)30-23-24-19-8-6-5-7-18(19)22(28)25(23)14-13-20(26)29-3/h5-12,15H,4,13-14H2,1-3H3. The van der Waals surface area contributed by atoms with E-state index in [-0.39, 0.29) is 24.3 Å². The van der Waals surface area contributed by atoms with Crippen molar-refractivity contribution in [1.82, 2.24) is 9.55 Å². The first-order valence-corrected chi connectivity index (χ1v) is 10.7. The van der Waals surface area contributed by atoms with E-state index in [1.165, 1.54) is 29.0 Å². The first-order valence-electron chi connectivity index (χ1n) is 9.80. The zero-order valence-corrected chi connectivity index (χ0v) is 18.1. The average molecular weight is 425 g/mol. The molecule has 0 N–H and O–H groups in total. The van der Waals surface area contributed by atoms with Crippen LogP contribution in [0.5, 0.6) is 0 Å². The molecule has 0 saturated carbocycles. The van der Waals surface area contributed by atoms with Crippen molar-refractivity contribution in [2.24, 2.45) is 0 Å². The van der Waals surface area contributed by atoms with E-state index in [2.05, 4.69) is 11.9 Å². The summed E-state index contributed by atoms with van der Waals surface area (Å²) in [5.41, 5.74) is 2.11. The van der Waals surface area contributed by atoms with Gasteiger partial charge in [0.15, 0.2) is 10.9 Å². The minimum atomic E-state index is -0.449. The highest BCUT2D eigenvalue weighted by Crippen LogP contribution is 2.25. The highest BCUT2D eigenvalue weighted by atomic mass is 32.2. The van der Waals surface area contributed by atoms with Crippen molar-refractivity contribution in [3.8, 4) is 0 Å². The Labute approximate surface area is 179 Å². The van der Waals surface area contributed by atoms with Crippen LogP contribution in [0.2, 0.25) is 0 Å². The summed E-state index contributed by atoms with van der Waals surface area (Å²) in [7, 11) is 1.31. The smallest absolute Gasteiger partial charge is 0.307 e. The quantitative estimate of drug-likeness (QED) is 0.236. The van der Waals surface area contributed by atoms with Crippen molar-refractivity contribution in [3.05, 3.63) is 70.0 Å². The second-order valence-electron chi connectivity index (χ2n) is 6.87. The average Bonchev–Trinajstić information content (AvgIpc) is 2.78. The molecule has 0 aliphatic rings.